The van der Waals surface area contributed by atoms with Gasteiger partial charge in [-0.2, -0.15) is 0 Å². The third-order valence-electron chi connectivity index (χ3n) is 2.60. The number of nitrogens with zero attached hydrogens (tertiary/aromatic N) is 2. The Morgan fingerprint density at radius 3 is 2.58 bits per heavy atom. The second-order valence-electron chi connectivity index (χ2n) is 4.21. The Hall–Kier alpha value is -1.75. The first-order valence-electron chi connectivity index (χ1n) is 6.05. The minimum Gasteiger partial charge on any atom is -0.409 e. The maximum atomic E-state index is 12.1. The zero-order valence-corrected chi connectivity index (χ0v) is 11.6. The van der Waals surface area contributed by atoms with Gasteiger partial charge in [0.25, 0.3) is 0 Å². The van der Waals surface area contributed by atoms with Crippen LogP contribution in [0.3, 0.4) is 0 Å². The van der Waals surface area contributed by atoms with Crippen LogP contribution in [0.15, 0.2) is 29.4 Å². The van der Waals surface area contributed by atoms with Crippen LogP contribution in [0.25, 0.3) is 0 Å². The zero-order valence-electron chi connectivity index (χ0n) is 10.8. The summed E-state index contributed by atoms with van der Waals surface area (Å²) in [5.74, 6) is -0.0336. The van der Waals surface area contributed by atoms with Gasteiger partial charge in [0.05, 0.1) is 13.0 Å². The highest BCUT2D eigenvalue weighted by molar-refractivity contribution is 6.30. The lowest BCUT2D eigenvalue weighted by molar-refractivity contribution is -0.129. The fraction of sp³-hybridized carbons (Fsp3) is 0.385. The molecule has 0 aliphatic rings. The fourth-order valence-electron chi connectivity index (χ4n) is 1.68. The van der Waals surface area contributed by atoms with Crippen LogP contribution < -0.4 is 5.73 Å². The van der Waals surface area contributed by atoms with E-state index in [-0.39, 0.29) is 24.7 Å². The predicted molar refractivity (Wildman–Crippen MR) is 75.4 cm³/mol. The van der Waals surface area contributed by atoms with Gasteiger partial charge >= 0.3 is 0 Å². The highest BCUT2D eigenvalue weighted by Crippen LogP contribution is 2.11. The number of carbonyl (C=O) groups is 1. The SMILES string of the molecule is CCCN(CC(N)=NO)C(=O)Cc1ccc(Cl)cc1. The van der Waals surface area contributed by atoms with Gasteiger partial charge < -0.3 is 15.8 Å². The smallest absolute Gasteiger partial charge is 0.227 e. The monoisotopic (exact) mass is 283 g/mol. The van der Waals surface area contributed by atoms with Gasteiger partial charge in [0.2, 0.25) is 5.91 Å². The molecule has 19 heavy (non-hydrogen) atoms. The van der Waals surface area contributed by atoms with Crippen molar-refractivity contribution in [1.29, 1.82) is 0 Å². The van der Waals surface area contributed by atoms with E-state index in [0.29, 0.717) is 11.6 Å². The Labute approximate surface area is 117 Å². The molecule has 1 aromatic rings. The topological polar surface area (TPSA) is 78.9 Å². The van der Waals surface area contributed by atoms with Gasteiger partial charge in [-0.1, -0.05) is 35.8 Å². The molecule has 1 aromatic carbocycles. The van der Waals surface area contributed by atoms with Gasteiger partial charge in [-0.05, 0) is 24.1 Å². The highest BCUT2D eigenvalue weighted by Gasteiger charge is 2.14. The first-order chi connectivity index (χ1) is 9.06. The van der Waals surface area contributed by atoms with E-state index in [1.807, 2.05) is 19.1 Å². The van der Waals surface area contributed by atoms with E-state index in [1.54, 1.807) is 17.0 Å². The van der Waals surface area contributed by atoms with Crippen LogP contribution in [0.1, 0.15) is 18.9 Å². The number of nitrogens with two attached hydrogens (primary N) is 1. The summed E-state index contributed by atoms with van der Waals surface area (Å²) in [6.07, 6.45) is 1.08. The molecule has 0 saturated heterocycles. The lowest BCUT2D eigenvalue weighted by atomic mass is 10.1. The summed E-state index contributed by atoms with van der Waals surface area (Å²) in [5.41, 5.74) is 6.33. The molecule has 0 unspecified atom stereocenters. The number of halogens is 1. The molecule has 6 heteroatoms. The van der Waals surface area contributed by atoms with Crippen molar-refractivity contribution in [3.8, 4) is 0 Å². The third kappa shape index (κ3) is 5.18. The van der Waals surface area contributed by atoms with Crippen molar-refractivity contribution >= 4 is 23.3 Å². The van der Waals surface area contributed by atoms with E-state index < -0.39 is 0 Å². The molecule has 0 atom stereocenters. The lowest BCUT2D eigenvalue weighted by Crippen LogP contribution is -2.39. The normalized spacial score (nSPS) is 11.4. The molecule has 0 fully saturated rings. The summed E-state index contributed by atoms with van der Waals surface area (Å²) < 4.78 is 0. The molecule has 0 radical (unpaired) electrons. The van der Waals surface area contributed by atoms with Crippen molar-refractivity contribution in [2.24, 2.45) is 10.9 Å². The fourth-order valence-corrected chi connectivity index (χ4v) is 1.80. The zero-order chi connectivity index (χ0) is 14.3. The second-order valence-corrected chi connectivity index (χ2v) is 4.65. The van der Waals surface area contributed by atoms with Gasteiger partial charge in [-0.3, -0.25) is 4.79 Å². The predicted octanol–water partition coefficient (Wildman–Crippen LogP) is 1.87. The average Bonchev–Trinajstić information content (AvgIpc) is 2.40. The van der Waals surface area contributed by atoms with E-state index in [0.717, 1.165) is 12.0 Å². The average molecular weight is 284 g/mol. The molecule has 0 heterocycles. The van der Waals surface area contributed by atoms with Crippen molar-refractivity contribution < 1.29 is 10.0 Å². The lowest BCUT2D eigenvalue weighted by Gasteiger charge is -2.21. The van der Waals surface area contributed by atoms with Gasteiger partial charge in [-0.15, -0.1) is 0 Å². The Bertz CT molecular complexity index is 446. The van der Waals surface area contributed by atoms with Gasteiger partial charge in [0.15, 0.2) is 5.84 Å². The van der Waals surface area contributed by atoms with E-state index in [4.69, 9.17) is 22.5 Å². The Balaban J connectivity index is 2.68. The van der Waals surface area contributed by atoms with E-state index >= 15 is 0 Å². The maximum absolute atomic E-state index is 12.1. The third-order valence-corrected chi connectivity index (χ3v) is 2.85. The summed E-state index contributed by atoms with van der Waals surface area (Å²) in [4.78, 5) is 13.7. The number of amidine groups is 1. The van der Waals surface area contributed by atoms with Gasteiger partial charge in [0, 0.05) is 11.6 Å². The van der Waals surface area contributed by atoms with Crippen molar-refractivity contribution in [3.05, 3.63) is 34.9 Å². The van der Waals surface area contributed by atoms with Crippen LogP contribution in [-0.4, -0.2) is 34.9 Å². The van der Waals surface area contributed by atoms with Crippen LogP contribution >= 0.6 is 11.6 Å². The summed E-state index contributed by atoms with van der Waals surface area (Å²) in [7, 11) is 0. The molecule has 0 aliphatic heterocycles. The molecule has 1 amide bonds. The quantitative estimate of drug-likeness (QED) is 0.362. The Kier molecular flexibility index (Phi) is 6.15. The Morgan fingerprint density at radius 1 is 1.42 bits per heavy atom. The summed E-state index contributed by atoms with van der Waals surface area (Å²) in [6.45, 7) is 2.67. The van der Waals surface area contributed by atoms with Gasteiger partial charge in [0.1, 0.15) is 0 Å². The van der Waals surface area contributed by atoms with Crippen LogP contribution in [0.5, 0.6) is 0 Å². The summed E-state index contributed by atoms with van der Waals surface area (Å²) >= 11 is 5.79. The maximum Gasteiger partial charge on any atom is 0.227 e. The van der Waals surface area contributed by atoms with E-state index in [1.165, 1.54) is 0 Å². The molecule has 104 valence electrons. The number of amides is 1. The van der Waals surface area contributed by atoms with Crippen LogP contribution in [0.4, 0.5) is 0 Å². The first kappa shape index (κ1) is 15.3. The number of rotatable bonds is 6. The number of hydrogen-bond acceptors (Lipinski definition) is 3. The standard InChI is InChI=1S/C13H18ClN3O2/c1-2-7-17(9-12(15)16-19)13(18)8-10-3-5-11(14)6-4-10/h3-6,19H,2,7-9H2,1H3,(H2,15,16). The van der Waals surface area contributed by atoms with Crippen molar-refractivity contribution in [3.63, 3.8) is 0 Å². The van der Waals surface area contributed by atoms with Crippen LogP contribution in [-0.2, 0) is 11.2 Å². The second kappa shape index (κ2) is 7.63. The molecular formula is C13H18ClN3O2. The molecule has 0 spiro atoms. The number of carbonyl (C=O) groups excluding carboxylic acids is 1. The number of benzene rings is 1. The molecule has 0 aliphatic carbocycles. The molecule has 3 N–H and O–H groups in total. The van der Waals surface area contributed by atoms with Crippen molar-refractivity contribution in [2.45, 2.75) is 19.8 Å². The summed E-state index contributed by atoms with van der Waals surface area (Å²) in [6, 6.07) is 7.12. The number of oxime groups is 1. The minimum atomic E-state index is -0.0595. The van der Waals surface area contributed by atoms with Crippen LogP contribution in [0.2, 0.25) is 5.02 Å². The van der Waals surface area contributed by atoms with Gasteiger partial charge in [-0.25, -0.2) is 0 Å². The first-order valence-corrected chi connectivity index (χ1v) is 6.43. The summed E-state index contributed by atoms with van der Waals surface area (Å²) in [5, 5.41) is 12.1. The molecule has 0 aromatic heterocycles. The largest absolute Gasteiger partial charge is 0.409 e. The number of hydrogen-bond donors (Lipinski definition) is 2. The van der Waals surface area contributed by atoms with Crippen molar-refractivity contribution in [1.82, 2.24) is 4.90 Å². The molecule has 0 bridgehead atoms. The molecule has 5 nitrogen and oxygen atoms in total. The van der Waals surface area contributed by atoms with E-state index in [9.17, 15) is 4.79 Å². The molecular weight excluding hydrogens is 266 g/mol. The van der Waals surface area contributed by atoms with E-state index in [2.05, 4.69) is 5.16 Å². The minimum absolute atomic E-state index is 0.0258. The molecule has 1 rings (SSSR count). The highest BCUT2D eigenvalue weighted by atomic mass is 35.5. The molecule has 0 saturated carbocycles. The Morgan fingerprint density at radius 2 is 2.05 bits per heavy atom. The van der Waals surface area contributed by atoms with Crippen molar-refractivity contribution in [2.75, 3.05) is 13.1 Å². The van der Waals surface area contributed by atoms with Crippen LogP contribution in [0, 0.1) is 0 Å².